The number of benzene rings is 8. The van der Waals surface area contributed by atoms with E-state index in [1.54, 1.807) is 0 Å². The van der Waals surface area contributed by atoms with Crippen molar-refractivity contribution in [3.63, 3.8) is 0 Å². The molecule has 0 N–H and O–H groups in total. The van der Waals surface area contributed by atoms with Gasteiger partial charge in [0, 0.05) is 36.3 Å². The van der Waals surface area contributed by atoms with Crippen LogP contribution in [0.4, 0.5) is 0 Å². The summed E-state index contributed by atoms with van der Waals surface area (Å²) in [5.74, 6) is 0. The smallest absolute Gasteiger partial charge is 0.0547 e. The summed E-state index contributed by atoms with van der Waals surface area (Å²) in [5.41, 5.74) is 9.05. The Morgan fingerprint density at radius 2 is 1.02 bits per heavy atom. The van der Waals surface area contributed by atoms with Crippen LogP contribution in [-0.2, 0) is 0 Å². The van der Waals surface area contributed by atoms with Crippen LogP contribution in [0.5, 0.6) is 0 Å². The first-order valence-corrected chi connectivity index (χ1v) is 16.0. The van der Waals surface area contributed by atoms with E-state index >= 15 is 0 Å². The number of hydrogen-bond donors (Lipinski definition) is 0. The highest BCUT2D eigenvalue weighted by molar-refractivity contribution is 7.26. The van der Waals surface area contributed by atoms with Crippen molar-refractivity contribution in [2.75, 3.05) is 0 Å². The minimum atomic E-state index is 1.23. The van der Waals surface area contributed by atoms with Crippen molar-refractivity contribution >= 4 is 85.6 Å². The van der Waals surface area contributed by atoms with Crippen molar-refractivity contribution in [3.8, 4) is 27.9 Å². The number of rotatable bonds is 1. The van der Waals surface area contributed by atoms with Gasteiger partial charge in [0.25, 0.3) is 0 Å². The second-order valence-corrected chi connectivity index (χ2v) is 13.1. The SMILES string of the molecule is c1ccc2c(c1)-c1cccc3c(-n4c5ccccc5c5c6ccc7ccc8sc9ccccc9c8c7c6ccc54)ccc-2c13. The Morgan fingerprint density at radius 3 is 1.93 bits per heavy atom. The van der Waals surface area contributed by atoms with Crippen molar-refractivity contribution in [3.05, 3.63) is 140 Å². The third-order valence-corrected chi connectivity index (χ3v) is 11.1. The van der Waals surface area contributed by atoms with Crippen LogP contribution in [-0.4, -0.2) is 4.57 Å². The van der Waals surface area contributed by atoms with Crippen molar-refractivity contribution in [1.82, 2.24) is 4.57 Å². The Hall–Kier alpha value is -5.44. The standard InChI is InChI=1S/C42H23NS/c1-2-9-26-25(8-1)27-12-7-13-31-35(21-19-28(26)40(27)31)43-34-14-5-3-10-32(34)41-30-18-16-24-17-23-38-42(33-11-4-6-15-37(33)44-38)39(24)29(30)20-22-36(41)43/h1-23H. The molecule has 0 bridgehead atoms. The zero-order valence-electron chi connectivity index (χ0n) is 23.6. The molecule has 2 aromatic heterocycles. The van der Waals surface area contributed by atoms with Gasteiger partial charge in [-0.25, -0.2) is 0 Å². The maximum absolute atomic E-state index is 2.50. The van der Waals surface area contributed by atoms with Gasteiger partial charge in [0.2, 0.25) is 0 Å². The predicted octanol–water partition coefficient (Wildman–Crippen LogP) is 12.3. The minimum absolute atomic E-state index is 1.23. The zero-order valence-corrected chi connectivity index (χ0v) is 24.5. The number of para-hydroxylation sites is 1. The zero-order chi connectivity index (χ0) is 28.5. The average Bonchev–Trinajstić information content (AvgIpc) is 3.74. The third kappa shape index (κ3) is 2.75. The topological polar surface area (TPSA) is 4.93 Å². The first-order chi connectivity index (χ1) is 21.8. The van der Waals surface area contributed by atoms with E-state index in [1.807, 2.05) is 11.3 Å². The third-order valence-electron chi connectivity index (χ3n) is 9.92. The molecule has 11 rings (SSSR count). The molecule has 202 valence electrons. The summed E-state index contributed by atoms with van der Waals surface area (Å²) in [4.78, 5) is 0. The molecule has 0 fully saturated rings. The van der Waals surface area contributed by atoms with E-state index in [4.69, 9.17) is 0 Å². The van der Waals surface area contributed by atoms with E-state index in [2.05, 4.69) is 144 Å². The Balaban J connectivity index is 1.29. The maximum Gasteiger partial charge on any atom is 0.0547 e. The first kappa shape index (κ1) is 23.1. The van der Waals surface area contributed by atoms with Gasteiger partial charge in [-0.2, -0.15) is 0 Å². The normalized spacial score (nSPS) is 12.5. The van der Waals surface area contributed by atoms with E-state index in [9.17, 15) is 0 Å². The molecule has 0 amide bonds. The molecule has 0 radical (unpaired) electrons. The minimum Gasteiger partial charge on any atom is -0.309 e. The van der Waals surface area contributed by atoms with Crippen molar-refractivity contribution < 1.29 is 0 Å². The lowest BCUT2D eigenvalue weighted by Gasteiger charge is -2.14. The van der Waals surface area contributed by atoms with Gasteiger partial charge >= 0.3 is 0 Å². The first-order valence-electron chi connectivity index (χ1n) is 15.2. The highest BCUT2D eigenvalue weighted by Gasteiger charge is 2.24. The van der Waals surface area contributed by atoms with Gasteiger partial charge in [-0.15, -0.1) is 11.3 Å². The van der Waals surface area contributed by atoms with Gasteiger partial charge < -0.3 is 4.57 Å². The summed E-state index contributed by atoms with van der Waals surface area (Å²) < 4.78 is 5.20. The molecule has 1 nitrogen and oxygen atoms in total. The fourth-order valence-corrected chi connectivity index (χ4v) is 9.27. The number of thiophene rings is 1. The van der Waals surface area contributed by atoms with E-state index in [0.29, 0.717) is 0 Å². The lowest BCUT2D eigenvalue weighted by Crippen LogP contribution is -1.95. The van der Waals surface area contributed by atoms with Gasteiger partial charge in [0.05, 0.1) is 16.7 Å². The van der Waals surface area contributed by atoms with E-state index < -0.39 is 0 Å². The molecule has 2 heteroatoms. The van der Waals surface area contributed by atoms with E-state index in [0.717, 1.165) is 0 Å². The largest absolute Gasteiger partial charge is 0.309 e. The quantitative estimate of drug-likeness (QED) is 0.172. The number of nitrogens with zero attached hydrogens (tertiary/aromatic N) is 1. The number of fused-ring (bicyclic) bond motifs is 14. The summed E-state index contributed by atoms with van der Waals surface area (Å²) in [6.07, 6.45) is 0. The summed E-state index contributed by atoms with van der Waals surface area (Å²) in [6.45, 7) is 0. The highest BCUT2D eigenvalue weighted by Crippen LogP contribution is 2.50. The molecule has 1 aliphatic rings. The van der Waals surface area contributed by atoms with Gasteiger partial charge in [0.1, 0.15) is 0 Å². The van der Waals surface area contributed by atoms with Crippen LogP contribution < -0.4 is 0 Å². The molecule has 0 unspecified atom stereocenters. The molecule has 0 spiro atoms. The maximum atomic E-state index is 2.50. The van der Waals surface area contributed by atoms with Crippen LogP contribution in [0.15, 0.2) is 140 Å². The Labute approximate surface area is 256 Å². The molecule has 0 aliphatic heterocycles. The van der Waals surface area contributed by atoms with Gasteiger partial charge in [0.15, 0.2) is 0 Å². The van der Waals surface area contributed by atoms with Crippen molar-refractivity contribution in [1.29, 1.82) is 0 Å². The molecular weight excluding hydrogens is 551 g/mol. The summed E-state index contributed by atoms with van der Waals surface area (Å²) >= 11 is 1.89. The van der Waals surface area contributed by atoms with Gasteiger partial charge in [-0.1, -0.05) is 109 Å². The average molecular weight is 574 g/mol. The molecule has 8 aromatic carbocycles. The second kappa shape index (κ2) is 8.13. The Kier molecular flexibility index (Phi) is 4.26. The monoisotopic (exact) mass is 573 g/mol. The molecule has 0 saturated heterocycles. The van der Waals surface area contributed by atoms with Gasteiger partial charge in [-0.3, -0.25) is 0 Å². The van der Waals surface area contributed by atoms with Crippen LogP contribution >= 0.6 is 11.3 Å². The molecule has 1 aliphatic carbocycles. The highest BCUT2D eigenvalue weighted by atomic mass is 32.1. The van der Waals surface area contributed by atoms with Crippen molar-refractivity contribution in [2.24, 2.45) is 0 Å². The van der Waals surface area contributed by atoms with Crippen LogP contribution in [0.25, 0.3) is 102 Å². The van der Waals surface area contributed by atoms with Crippen LogP contribution in [0.3, 0.4) is 0 Å². The predicted molar refractivity (Wildman–Crippen MR) is 191 cm³/mol. The lowest BCUT2D eigenvalue weighted by molar-refractivity contribution is 1.20. The molecule has 0 saturated carbocycles. The fourth-order valence-electron chi connectivity index (χ4n) is 8.16. The van der Waals surface area contributed by atoms with Gasteiger partial charge in [-0.05, 0) is 79.5 Å². The van der Waals surface area contributed by atoms with E-state index in [1.165, 1.54) is 102 Å². The molecule has 0 atom stereocenters. The number of hydrogen-bond acceptors (Lipinski definition) is 1. The summed E-state index contributed by atoms with van der Waals surface area (Å²) in [7, 11) is 0. The Morgan fingerprint density at radius 1 is 0.341 bits per heavy atom. The summed E-state index contributed by atoms with van der Waals surface area (Å²) in [5, 5.41) is 13.3. The Bertz CT molecular complexity index is 2850. The summed E-state index contributed by atoms with van der Waals surface area (Å²) in [6, 6.07) is 52.1. The molecule has 44 heavy (non-hydrogen) atoms. The second-order valence-electron chi connectivity index (χ2n) is 12.0. The molecular formula is C42H23NS. The lowest BCUT2D eigenvalue weighted by atomic mass is 9.95. The molecule has 10 aromatic rings. The van der Waals surface area contributed by atoms with Crippen LogP contribution in [0, 0.1) is 0 Å². The van der Waals surface area contributed by atoms with Crippen LogP contribution in [0.2, 0.25) is 0 Å². The van der Waals surface area contributed by atoms with Crippen molar-refractivity contribution in [2.45, 2.75) is 0 Å². The van der Waals surface area contributed by atoms with Crippen LogP contribution in [0.1, 0.15) is 0 Å². The number of aromatic nitrogens is 1. The fraction of sp³-hybridized carbons (Fsp3) is 0. The molecule has 2 heterocycles. The van der Waals surface area contributed by atoms with E-state index in [-0.39, 0.29) is 0 Å².